The van der Waals surface area contributed by atoms with E-state index < -0.39 is 17.7 Å². The van der Waals surface area contributed by atoms with Crippen molar-refractivity contribution in [1.82, 2.24) is 0 Å². The predicted molar refractivity (Wildman–Crippen MR) is 61.4 cm³/mol. The molecule has 0 radical (unpaired) electrons. The molecule has 1 aromatic carbocycles. The van der Waals surface area contributed by atoms with Gasteiger partial charge in [0.25, 0.3) is 0 Å². The van der Waals surface area contributed by atoms with Gasteiger partial charge in [-0.1, -0.05) is 12.1 Å². The molecule has 84 valence electrons. The second-order valence-electron chi connectivity index (χ2n) is 3.63. The van der Waals surface area contributed by atoms with Gasteiger partial charge in [-0.05, 0) is 34.9 Å². The standard InChI is InChI=1S/C12H11F2NS/c1-7-2-3-9(11(14)10(7)13)12(15)8-4-5-16-6-8/h2-6,12H,15H2,1H3. The minimum absolute atomic E-state index is 0.196. The average Bonchev–Trinajstić information content (AvgIpc) is 2.79. The van der Waals surface area contributed by atoms with Crippen LogP contribution in [0, 0.1) is 18.6 Å². The maximum absolute atomic E-state index is 13.7. The number of rotatable bonds is 2. The molecular formula is C12H11F2NS. The number of nitrogens with two attached hydrogens (primary N) is 1. The molecule has 1 aromatic heterocycles. The molecule has 16 heavy (non-hydrogen) atoms. The SMILES string of the molecule is Cc1ccc(C(N)c2ccsc2)c(F)c1F. The Kier molecular flexibility index (Phi) is 3.03. The lowest BCUT2D eigenvalue weighted by atomic mass is 10.00. The number of hydrogen-bond acceptors (Lipinski definition) is 2. The summed E-state index contributed by atoms with van der Waals surface area (Å²) < 4.78 is 27.0. The van der Waals surface area contributed by atoms with Gasteiger partial charge in [0, 0.05) is 5.56 Å². The zero-order chi connectivity index (χ0) is 11.7. The molecule has 0 spiro atoms. The molecule has 1 heterocycles. The van der Waals surface area contributed by atoms with Crippen molar-refractivity contribution in [1.29, 1.82) is 0 Å². The third-order valence-electron chi connectivity index (χ3n) is 2.54. The summed E-state index contributed by atoms with van der Waals surface area (Å²) in [5, 5.41) is 3.69. The Morgan fingerprint density at radius 3 is 2.56 bits per heavy atom. The van der Waals surface area contributed by atoms with Crippen molar-refractivity contribution in [2.75, 3.05) is 0 Å². The Bertz CT molecular complexity index is 494. The summed E-state index contributed by atoms with van der Waals surface area (Å²) in [7, 11) is 0. The molecule has 0 aliphatic rings. The highest BCUT2D eigenvalue weighted by molar-refractivity contribution is 7.08. The first-order valence-electron chi connectivity index (χ1n) is 4.83. The first kappa shape index (κ1) is 11.2. The summed E-state index contributed by atoms with van der Waals surface area (Å²) in [5.74, 6) is -1.66. The summed E-state index contributed by atoms with van der Waals surface area (Å²) in [6.07, 6.45) is 0. The van der Waals surface area contributed by atoms with E-state index in [0.717, 1.165) is 5.56 Å². The van der Waals surface area contributed by atoms with Crippen LogP contribution in [0.2, 0.25) is 0 Å². The number of aryl methyl sites for hydroxylation is 1. The topological polar surface area (TPSA) is 26.0 Å². The molecule has 4 heteroatoms. The van der Waals surface area contributed by atoms with Crippen LogP contribution < -0.4 is 5.73 Å². The van der Waals surface area contributed by atoms with E-state index in [0.29, 0.717) is 5.56 Å². The molecule has 0 bridgehead atoms. The highest BCUT2D eigenvalue weighted by Crippen LogP contribution is 2.26. The highest BCUT2D eigenvalue weighted by Gasteiger charge is 2.17. The van der Waals surface area contributed by atoms with E-state index in [1.165, 1.54) is 24.3 Å². The van der Waals surface area contributed by atoms with E-state index in [2.05, 4.69) is 0 Å². The molecule has 2 rings (SSSR count). The number of hydrogen-bond donors (Lipinski definition) is 1. The zero-order valence-corrected chi connectivity index (χ0v) is 9.52. The van der Waals surface area contributed by atoms with Crippen LogP contribution in [0.4, 0.5) is 8.78 Å². The van der Waals surface area contributed by atoms with Gasteiger partial charge in [-0.3, -0.25) is 0 Å². The summed E-state index contributed by atoms with van der Waals surface area (Å²) >= 11 is 1.48. The van der Waals surface area contributed by atoms with Crippen molar-refractivity contribution in [3.05, 3.63) is 57.3 Å². The van der Waals surface area contributed by atoms with Crippen molar-refractivity contribution in [2.24, 2.45) is 5.73 Å². The van der Waals surface area contributed by atoms with Gasteiger partial charge in [-0.15, -0.1) is 0 Å². The van der Waals surface area contributed by atoms with E-state index in [1.807, 2.05) is 16.8 Å². The molecule has 1 unspecified atom stereocenters. The van der Waals surface area contributed by atoms with Gasteiger partial charge in [0.15, 0.2) is 11.6 Å². The van der Waals surface area contributed by atoms with Crippen LogP contribution in [0.1, 0.15) is 22.7 Å². The Morgan fingerprint density at radius 2 is 1.94 bits per heavy atom. The van der Waals surface area contributed by atoms with Crippen molar-refractivity contribution in [2.45, 2.75) is 13.0 Å². The van der Waals surface area contributed by atoms with Gasteiger partial charge < -0.3 is 5.73 Å². The zero-order valence-electron chi connectivity index (χ0n) is 8.71. The molecule has 1 atom stereocenters. The molecule has 2 N–H and O–H groups in total. The largest absolute Gasteiger partial charge is 0.320 e. The van der Waals surface area contributed by atoms with Gasteiger partial charge >= 0.3 is 0 Å². The smallest absolute Gasteiger partial charge is 0.164 e. The minimum atomic E-state index is -0.848. The first-order valence-corrected chi connectivity index (χ1v) is 5.77. The lowest BCUT2D eigenvalue weighted by Crippen LogP contribution is -2.14. The van der Waals surface area contributed by atoms with Crippen molar-refractivity contribution in [3.8, 4) is 0 Å². The van der Waals surface area contributed by atoms with Gasteiger partial charge in [0.2, 0.25) is 0 Å². The monoisotopic (exact) mass is 239 g/mol. The molecule has 0 saturated heterocycles. The van der Waals surface area contributed by atoms with Crippen LogP contribution in [-0.2, 0) is 0 Å². The van der Waals surface area contributed by atoms with E-state index in [4.69, 9.17) is 5.73 Å². The molecule has 0 amide bonds. The molecule has 2 aromatic rings. The van der Waals surface area contributed by atoms with Crippen LogP contribution in [-0.4, -0.2) is 0 Å². The van der Waals surface area contributed by atoms with Crippen molar-refractivity contribution in [3.63, 3.8) is 0 Å². The maximum atomic E-state index is 13.7. The summed E-state index contributed by atoms with van der Waals surface area (Å²) in [6.45, 7) is 1.53. The fourth-order valence-corrected chi connectivity index (χ4v) is 2.23. The fraction of sp³-hybridized carbons (Fsp3) is 0.167. The van der Waals surface area contributed by atoms with E-state index in [9.17, 15) is 8.78 Å². The normalized spacial score (nSPS) is 12.8. The molecule has 0 fully saturated rings. The summed E-state index contributed by atoms with van der Waals surface area (Å²) in [6, 6.07) is 4.28. The van der Waals surface area contributed by atoms with Gasteiger partial charge in [0.1, 0.15) is 0 Å². The third-order valence-corrected chi connectivity index (χ3v) is 3.24. The van der Waals surface area contributed by atoms with Crippen LogP contribution in [0.25, 0.3) is 0 Å². The molecule has 0 aliphatic heterocycles. The average molecular weight is 239 g/mol. The fourth-order valence-electron chi connectivity index (χ4n) is 1.53. The van der Waals surface area contributed by atoms with Crippen LogP contribution in [0.15, 0.2) is 29.0 Å². The Balaban J connectivity index is 2.45. The Hall–Kier alpha value is -1.26. The van der Waals surface area contributed by atoms with Gasteiger partial charge in [0.05, 0.1) is 6.04 Å². The van der Waals surface area contributed by atoms with E-state index >= 15 is 0 Å². The van der Waals surface area contributed by atoms with Crippen LogP contribution in [0.5, 0.6) is 0 Å². The summed E-state index contributed by atoms with van der Waals surface area (Å²) in [5.41, 5.74) is 7.17. The molecule has 0 saturated carbocycles. The first-order chi connectivity index (χ1) is 7.61. The van der Waals surface area contributed by atoms with Gasteiger partial charge in [-0.25, -0.2) is 8.78 Å². The second kappa shape index (κ2) is 4.31. The Morgan fingerprint density at radius 1 is 1.19 bits per heavy atom. The van der Waals surface area contributed by atoms with Crippen LogP contribution >= 0.6 is 11.3 Å². The Labute approximate surface area is 96.5 Å². The molecule has 1 nitrogen and oxygen atoms in total. The van der Waals surface area contributed by atoms with E-state index in [1.54, 1.807) is 6.07 Å². The lowest BCUT2D eigenvalue weighted by molar-refractivity contribution is 0.489. The predicted octanol–water partition coefficient (Wildman–Crippen LogP) is 3.38. The highest BCUT2D eigenvalue weighted by atomic mass is 32.1. The van der Waals surface area contributed by atoms with E-state index in [-0.39, 0.29) is 5.56 Å². The van der Waals surface area contributed by atoms with Crippen molar-refractivity contribution >= 4 is 11.3 Å². The van der Waals surface area contributed by atoms with Crippen molar-refractivity contribution < 1.29 is 8.78 Å². The van der Waals surface area contributed by atoms with Gasteiger partial charge in [-0.2, -0.15) is 11.3 Å². The quantitative estimate of drug-likeness (QED) is 0.854. The molecule has 0 aliphatic carbocycles. The maximum Gasteiger partial charge on any atom is 0.164 e. The number of halogens is 2. The molecular weight excluding hydrogens is 228 g/mol. The summed E-state index contributed by atoms with van der Waals surface area (Å²) in [4.78, 5) is 0. The number of thiophene rings is 1. The third kappa shape index (κ3) is 1.86. The minimum Gasteiger partial charge on any atom is -0.320 e. The lowest BCUT2D eigenvalue weighted by Gasteiger charge is -2.12. The second-order valence-corrected chi connectivity index (χ2v) is 4.41. The van der Waals surface area contributed by atoms with Crippen LogP contribution in [0.3, 0.4) is 0 Å². The number of benzene rings is 1.